The Morgan fingerprint density at radius 2 is 2.03 bits per heavy atom. The number of halogens is 1. The summed E-state index contributed by atoms with van der Waals surface area (Å²) in [7, 11) is 0. The monoisotopic (exact) mass is 464 g/mol. The van der Waals surface area contributed by atoms with Crippen LogP contribution < -0.4 is 4.90 Å². The molecule has 34 heavy (non-hydrogen) atoms. The highest BCUT2D eigenvalue weighted by Gasteiger charge is 2.46. The summed E-state index contributed by atoms with van der Waals surface area (Å²) >= 11 is 0. The van der Waals surface area contributed by atoms with Crippen molar-refractivity contribution < 1.29 is 19.0 Å². The second-order valence-corrected chi connectivity index (χ2v) is 10.1. The van der Waals surface area contributed by atoms with Crippen LogP contribution in [0.2, 0.25) is 0 Å². The number of aliphatic carboxylic acids is 1. The number of nitrogens with zero attached hydrogens (tertiary/aromatic N) is 3. The molecule has 6 rings (SSSR count). The Hall–Kier alpha value is -3.00. The van der Waals surface area contributed by atoms with Crippen molar-refractivity contribution in [1.82, 2.24) is 15.0 Å². The van der Waals surface area contributed by atoms with E-state index in [1.807, 2.05) is 18.3 Å². The zero-order valence-corrected chi connectivity index (χ0v) is 19.0. The van der Waals surface area contributed by atoms with Gasteiger partial charge in [0.05, 0.1) is 23.2 Å². The first-order valence-electron chi connectivity index (χ1n) is 12.3. The maximum atomic E-state index is 13.5. The second kappa shape index (κ2) is 8.65. The molecule has 1 aromatic carbocycles. The number of anilines is 1. The SMILES string of the molecule is O=C(O)C[C@H]1CC[C@@H](O[C@H]2C[C@H]3C[C@@H]2CN3c2ccc(-c3nc4cc(F)ccc4[nH]3)cn2)CC1. The first-order valence-corrected chi connectivity index (χ1v) is 12.3. The quantitative estimate of drug-likeness (QED) is 0.546. The van der Waals surface area contributed by atoms with Crippen LogP contribution in [0.5, 0.6) is 0 Å². The summed E-state index contributed by atoms with van der Waals surface area (Å²) in [6.45, 7) is 0.958. The predicted octanol–water partition coefficient (Wildman–Crippen LogP) is 4.78. The lowest BCUT2D eigenvalue weighted by Gasteiger charge is -2.36. The minimum atomic E-state index is -0.688. The molecule has 1 aliphatic heterocycles. The lowest BCUT2D eigenvalue weighted by Crippen LogP contribution is -2.40. The highest BCUT2D eigenvalue weighted by atomic mass is 19.1. The van der Waals surface area contributed by atoms with Crippen molar-refractivity contribution in [2.24, 2.45) is 11.8 Å². The molecule has 0 spiro atoms. The van der Waals surface area contributed by atoms with Gasteiger partial charge in [0.1, 0.15) is 17.5 Å². The van der Waals surface area contributed by atoms with Crippen LogP contribution >= 0.6 is 0 Å². The summed E-state index contributed by atoms with van der Waals surface area (Å²) in [5.41, 5.74) is 2.29. The second-order valence-electron chi connectivity index (χ2n) is 10.1. The lowest BCUT2D eigenvalue weighted by atomic mass is 9.85. The molecule has 178 valence electrons. The van der Waals surface area contributed by atoms with Crippen LogP contribution in [0.3, 0.4) is 0 Å². The van der Waals surface area contributed by atoms with Gasteiger partial charge >= 0.3 is 5.97 Å². The maximum absolute atomic E-state index is 13.5. The number of imidazole rings is 1. The molecule has 2 aliphatic carbocycles. The van der Waals surface area contributed by atoms with E-state index in [2.05, 4.69) is 14.9 Å². The van der Waals surface area contributed by atoms with Crippen LogP contribution in [-0.2, 0) is 9.53 Å². The number of H-pyrrole nitrogens is 1. The molecular weight excluding hydrogens is 435 g/mol. The van der Waals surface area contributed by atoms with E-state index in [0.717, 1.165) is 62.0 Å². The topological polar surface area (TPSA) is 91.3 Å². The molecule has 7 nitrogen and oxygen atoms in total. The number of carbonyl (C=O) groups is 1. The van der Waals surface area contributed by atoms with Crippen LogP contribution in [0, 0.1) is 17.7 Å². The van der Waals surface area contributed by atoms with E-state index in [1.165, 1.54) is 12.1 Å². The smallest absolute Gasteiger partial charge is 0.303 e. The first-order chi connectivity index (χ1) is 16.5. The van der Waals surface area contributed by atoms with Gasteiger partial charge in [-0.1, -0.05) is 0 Å². The number of carboxylic acid groups (broad SMARTS) is 1. The van der Waals surface area contributed by atoms with Crippen molar-refractivity contribution in [3.05, 3.63) is 42.3 Å². The minimum absolute atomic E-state index is 0.275. The molecule has 1 saturated heterocycles. The number of ether oxygens (including phenoxy) is 1. The number of pyridine rings is 1. The zero-order chi connectivity index (χ0) is 23.2. The number of piperidine rings is 1. The van der Waals surface area contributed by atoms with Gasteiger partial charge in [0, 0.05) is 42.8 Å². The Balaban J connectivity index is 1.06. The van der Waals surface area contributed by atoms with Crippen molar-refractivity contribution in [1.29, 1.82) is 0 Å². The van der Waals surface area contributed by atoms with Crippen molar-refractivity contribution >= 4 is 22.8 Å². The molecule has 3 heterocycles. The molecule has 3 aliphatic rings. The number of rotatable bonds is 6. The van der Waals surface area contributed by atoms with E-state index >= 15 is 0 Å². The van der Waals surface area contributed by atoms with E-state index in [1.54, 1.807) is 6.07 Å². The van der Waals surface area contributed by atoms with E-state index < -0.39 is 5.97 Å². The molecule has 8 heteroatoms. The maximum Gasteiger partial charge on any atom is 0.303 e. The molecule has 3 atom stereocenters. The molecule has 0 unspecified atom stereocenters. The van der Waals surface area contributed by atoms with Crippen molar-refractivity contribution in [2.45, 2.75) is 63.2 Å². The van der Waals surface area contributed by atoms with Gasteiger partial charge in [0.25, 0.3) is 0 Å². The van der Waals surface area contributed by atoms with Gasteiger partial charge < -0.3 is 19.7 Å². The molecule has 2 aromatic heterocycles. The number of hydrogen-bond donors (Lipinski definition) is 2. The lowest BCUT2D eigenvalue weighted by molar-refractivity contribution is -0.138. The third-order valence-electron chi connectivity index (χ3n) is 7.86. The number of aromatic nitrogens is 3. The van der Waals surface area contributed by atoms with Crippen LogP contribution in [0.15, 0.2) is 36.5 Å². The molecule has 2 saturated carbocycles. The standard InChI is InChI=1S/C26H29FN4O3/c27-18-4-7-21-22(11-18)30-26(29-21)16-3-8-24(28-13-16)31-14-17-10-19(31)12-23(17)34-20-5-1-15(2-6-20)9-25(32)33/h3-4,7-8,11,13,15,17,19-20,23H,1-2,5-6,9-10,12,14H2,(H,29,30)(H,32,33)/t15-,17-,19-,20+,23+/m1/s1. The number of benzene rings is 1. The molecule has 0 amide bonds. The minimum Gasteiger partial charge on any atom is -0.481 e. The molecule has 3 aromatic rings. The van der Waals surface area contributed by atoms with Crippen molar-refractivity contribution in [2.75, 3.05) is 11.4 Å². The largest absolute Gasteiger partial charge is 0.481 e. The van der Waals surface area contributed by atoms with Gasteiger partial charge in [-0.2, -0.15) is 0 Å². The van der Waals surface area contributed by atoms with Gasteiger partial charge in [-0.3, -0.25) is 4.79 Å². The summed E-state index contributed by atoms with van der Waals surface area (Å²) in [6.07, 6.45) is 8.74. The molecule has 2 bridgehead atoms. The average molecular weight is 465 g/mol. The van der Waals surface area contributed by atoms with E-state index in [4.69, 9.17) is 14.8 Å². The zero-order valence-electron chi connectivity index (χ0n) is 19.0. The Morgan fingerprint density at radius 1 is 1.18 bits per heavy atom. The third-order valence-corrected chi connectivity index (χ3v) is 7.86. The van der Waals surface area contributed by atoms with Gasteiger partial charge in [-0.25, -0.2) is 14.4 Å². The predicted molar refractivity (Wildman–Crippen MR) is 126 cm³/mol. The Kier molecular flexibility index (Phi) is 5.48. The van der Waals surface area contributed by atoms with Gasteiger partial charge in [-0.05, 0) is 68.7 Å². The number of aromatic amines is 1. The van der Waals surface area contributed by atoms with Crippen LogP contribution in [-0.4, -0.2) is 50.8 Å². The Labute approximate surface area is 197 Å². The van der Waals surface area contributed by atoms with Crippen LogP contribution in [0.4, 0.5) is 10.2 Å². The molecular formula is C26H29FN4O3. The highest BCUT2D eigenvalue weighted by Crippen LogP contribution is 2.43. The van der Waals surface area contributed by atoms with Gasteiger partial charge in [-0.15, -0.1) is 0 Å². The number of carboxylic acids is 1. The van der Waals surface area contributed by atoms with Crippen molar-refractivity contribution in [3.63, 3.8) is 0 Å². The summed E-state index contributed by atoms with van der Waals surface area (Å²) in [4.78, 5) is 25.8. The number of fused-ring (bicyclic) bond motifs is 3. The number of nitrogens with one attached hydrogen (secondary N) is 1. The Bertz CT molecular complexity index is 1190. The average Bonchev–Trinajstić information content (AvgIpc) is 3.54. The molecule has 2 N–H and O–H groups in total. The van der Waals surface area contributed by atoms with Gasteiger partial charge in [0.15, 0.2) is 0 Å². The summed E-state index contributed by atoms with van der Waals surface area (Å²) < 4.78 is 20.0. The van der Waals surface area contributed by atoms with Gasteiger partial charge in [0.2, 0.25) is 0 Å². The Morgan fingerprint density at radius 3 is 2.74 bits per heavy atom. The normalized spacial score (nSPS) is 28.6. The molecule has 3 fully saturated rings. The number of hydrogen-bond acceptors (Lipinski definition) is 5. The summed E-state index contributed by atoms with van der Waals surface area (Å²) in [5.74, 6) is 1.51. The molecule has 0 radical (unpaired) electrons. The highest BCUT2D eigenvalue weighted by molar-refractivity contribution is 5.79. The fourth-order valence-electron chi connectivity index (χ4n) is 6.13. The third kappa shape index (κ3) is 4.15. The first kappa shape index (κ1) is 21.5. The fraction of sp³-hybridized carbons (Fsp3) is 0.500. The van der Waals surface area contributed by atoms with Crippen molar-refractivity contribution in [3.8, 4) is 11.4 Å². The van der Waals surface area contributed by atoms with E-state index in [0.29, 0.717) is 35.3 Å². The fourth-order valence-corrected chi connectivity index (χ4v) is 6.13. The summed E-state index contributed by atoms with van der Waals surface area (Å²) in [6, 6.07) is 9.07. The summed E-state index contributed by atoms with van der Waals surface area (Å²) in [5, 5.41) is 9.01. The van der Waals surface area contributed by atoms with E-state index in [9.17, 15) is 9.18 Å². The van der Waals surface area contributed by atoms with Crippen LogP contribution in [0.1, 0.15) is 44.9 Å². The van der Waals surface area contributed by atoms with E-state index in [-0.39, 0.29) is 18.3 Å². The van der Waals surface area contributed by atoms with Crippen LogP contribution in [0.25, 0.3) is 22.4 Å².